The Bertz CT molecular complexity index is 895. The summed E-state index contributed by atoms with van der Waals surface area (Å²) in [5.74, 6) is 7.68. The molecule has 3 atom stereocenters. The second-order valence-corrected chi connectivity index (χ2v) is 10.4. The Morgan fingerprint density at radius 2 is 1.94 bits per heavy atom. The lowest BCUT2D eigenvalue weighted by Gasteiger charge is -2.46. The number of hydrogen-bond donors (Lipinski definition) is 2. The summed E-state index contributed by atoms with van der Waals surface area (Å²) in [5, 5.41) is 14.7. The van der Waals surface area contributed by atoms with Crippen molar-refractivity contribution in [1.82, 2.24) is 5.32 Å². The van der Waals surface area contributed by atoms with Crippen molar-refractivity contribution >= 4 is 6.08 Å². The molecule has 0 bridgehead atoms. The number of nitrogens with one attached hydrogen (secondary N) is 1. The van der Waals surface area contributed by atoms with Crippen LogP contribution in [0.15, 0.2) is 41.5 Å². The summed E-state index contributed by atoms with van der Waals surface area (Å²) >= 11 is 0. The van der Waals surface area contributed by atoms with Crippen LogP contribution in [-0.4, -0.2) is 23.8 Å². The molecule has 0 aromatic heterocycles. The van der Waals surface area contributed by atoms with Crippen LogP contribution < -0.4 is 5.32 Å². The van der Waals surface area contributed by atoms with Crippen LogP contribution in [0.2, 0.25) is 0 Å². The summed E-state index contributed by atoms with van der Waals surface area (Å²) < 4.78 is 0. The Labute approximate surface area is 195 Å². The van der Waals surface area contributed by atoms with E-state index in [2.05, 4.69) is 67.4 Å². The number of hydrogen-bond acceptors (Lipinski definition) is 2. The van der Waals surface area contributed by atoms with E-state index in [0.29, 0.717) is 5.92 Å². The Balaban J connectivity index is 1.65. The molecule has 2 fully saturated rings. The highest BCUT2D eigenvalue weighted by atomic mass is 16.3. The van der Waals surface area contributed by atoms with Crippen molar-refractivity contribution in [3.05, 3.63) is 52.6 Å². The van der Waals surface area contributed by atoms with Gasteiger partial charge in [0, 0.05) is 22.9 Å². The number of rotatable bonds is 5. The number of fused-ring (bicyclic) bond motifs is 1. The van der Waals surface area contributed by atoms with Crippen LogP contribution in [-0.2, 0) is 0 Å². The van der Waals surface area contributed by atoms with Gasteiger partial charge in [0.2, 0.25) is 0 Å². The maximum Gasteiger partial charge on any atom is 0.0634 e. The number of benzene rings is 1. The molecule has 0 radical (unpaired) electrons. The second-order valence-electron chi connectivity index (χ2n) is 10.4. The molecule has 32 heavy (non-hydrogen) atoms. The quantitative estimate of drug-likeness (QED) is 0.311. The molecule has 4 rings (SSSR count). The van der Waals surface area contributed by atoms with Crippen LogP contribution in [0.25, 0.3) is 6.08 Å². The lowest BCUT2D eigenvalue weighted by molar-refractivity contribution is 0.0329. The van der Waals surface area contributed by atoms with E-state index in [4.69, 9.17) is 0 Å². The maximum atomic E-state index is 10.9. The molecule has 1 aromatic carbocycles. The molecule has 1 aromatic rings. The minimum absolute atomic E-state index is 0.129. The van der Waals surface area contributed by atoms with E-state index in [1.165, 1.54) is 61.7 Å². The van der Waals surface area contributed by atoms with Crippen LogP contribution in [0.3, 0.4) is 0 Å². The van der Waals surface area contributed by atoms with E-state index in [-0.39, 0.29) is 17.6 Å². The fourth-order valence-corrected chi connectivity index (χ4v) is 5.78. The van der Waals surface area contributed by atoms with Crippen molar-refractivity contribution in [2.45, 2.75) is 96.6 Å². The van der Waals surface area contributed by atoms with Gasteiger partial charge in [-0.1, -0.05) is 87.3 Å². The Hall–Kier alpha value is -1.82. The maximum absolute atomic E-state index is 10.9. The molecule has 1 unspecified atom stereocenters. The van der Waals surface area contributed by atoms with E-state index in [1.54, 1.807) is 0 Å². The zero-order valence-corrected chi connectivity index (χ0v) is 20.1. The molecule has 2 saturated carbocycles. The minimum atomic E-state index is -0.246. The Morgan fingerprint density at radius 3 is 2.75 bits per heavy atom. The first-order chi connectivity index (χ1) is 15.6. The highest BCUT2D eigenvalue weighted by molar-refractivity contribution is 5.63. The van der Waals surface area contributed by atoms with Gasteiger partial charge in [0.15, 0.2) is 0 Å². The molecule has 2 N–H and O–H groups in total. The number of aliphatic hydroxyl groups is 1. The molecule has 0 saturated heterocycles. The van der Waals surface area contributed by atoms with E-state index in [9.17, 15) is 5.11 Å². The van der Waals surface area contributed by atoms with Crippen LogP contribution in [0.4, 0.5) is 0 Å². The second kappa shape index (κ2) is 10.9. The molecule has 2 nitrogen and oxygen atoms in total. The molecule has 0 amide bonds. The molecule has 3 aliphatic rings. The van der Waals surface area contributed by atoms with Gasteiger partial charge in [-0.2, -0.15) is 0 Å². The van der Waals surface area contributed by atoms with E-state index < -0.39 is 0 Å². The van der Waals surface area contributed by atoms with Crippen molar-refractivity contribution < 1.29 is 5.11 Å². The topological polar surface area (TPSA) is 32.3 Å². The summed E-state index contributed by atoms with van der Waals surface area (Å²) in [7, 11) is 0. The molecular formula is C30H41NO. The third-order valence-corrected chi connectivity index (χ3v) is 7.94. The zero-order chi connectivity index (χ0) is 22.4. The van der Waals surface area contributed by atoms with E-state index >= 15 is 0 Å². The van der Waals surface area contributed by atoms with Crippen molar-refractivity contribution in [3.8, 4) is 11.8 Å². The van der Waals surface area contributed by atoms with Gasteiger partial charge < -0.3 is 10.4 Å². The van der Waals surface area contributed by atoms with Crippen molar-refractivity contribution in [1.29, 1.82) is 0 Å². The van der Waals surface area contributed by atoms with Crippen LogP contribution in [0.5, 0.6) is 0 Å². The molecule has 2 heteroatoms. The SMILES string of the molecule is CCCCNC1C=C2CCC[C@H](O)[C@@]2(C)CC1=Cc1ccccc1C#CC1CCCCC1. The van der Waals surface area contributed by atoms with Gasteiger partial charge in [-0.25, -0.2) is 0 Å². The minimum Gasteiger partial charge on any atom is -0.392 e. The molecule has 0 spiro atoms. The van der Waals surface area contributed by atoms with Crippen LogP contribution >= 0.6 is 0 Å². The first kappa shape index (κ1) is 23.3. The van der Waals surface area contributed by atoms with E-state index in [0.717, 1.165) is 37.8 Å². The van der Waals surface area contributed by atoms with Crippen LogP contribution in [0.1, 0.15) is 95.6 Å². The highest BCUT2D eigenvalue weighted by Crippen LogP contribution is 2.49. The average Bonchev–Trinajstić information content (AvgIpc) is 2.81. The normalized spacial score (nSPS) is 29.7. The summed E-state index contributed by atoms with van der Waals surface area (Å²) in [6, 6.07) is 8.87. The van der Waals surface area contributed by atoms with Gasteiger partial charge >= 0.3 is 0 Å². The van der Waals surface area contributed by atoms with Crippen LogP contribution in [0, 0.1) is 23.2 Å². The molecule has 172 valence electrons. The van der Waals surface area contributed by atoms with Crippen molar-refractivity contribution in [2.75, 3.05) is 6.54 Å². The zero-order valence-electron chi connectivity index (χ0n) is 20.1. The summed E-state index contributed by atoms with van der Waals surface area (Å²) in [6.45, 7) is 5.55. The molecular weight excluding hydrogens is 390 g/mol. The van der Waals surface area contributed by atoms with Crippen molar-refractivity contribution in [3.63, 3.8) is 0 Å². The van der Waals surface area contributed by atoms with Crippen molar-refractivity contribution in [2.24, 2.45) is 11.3 Å². The van der Waals surface area contributed by atoms with Gasteiger partial charge in [-0.15, -0.1) is 0 Å². The summed E-state index contributed by atoms with van der Waals surface area (Å²) in [5.41, 5.74) is 5.07. The van der Waals surface area contributed by atoms with Gasteiger partial charge in [-0.05, 0) is 68.7 Å². The standard InChI is InChI=1S/C30H41NO/c1-3-4-19-31-28-21-27-15-10-16-29(32)30(27,2)22-26(28)20-25-14-9-8-13-24(25)18-17-23-11-6-5-7-12-23/h8-9,13-14,20-21,23,28-29,31-32H,3-7,10-12,15-16,19,22H2,1-2H3/t28?,29-,30-/m0/s1. The lowest BCUT2D eigenvalue weighted by atomic mass is 9.62. The number of unbranched alkanes of at least 4 members (excludes halogenated alkanes) is 1. The molecule has 0 aliphatic heterocycles. The predicted octanol–water partition coefficient (Wildman–Crippen LogP) is 6.64. The van der Waals surface area contributed by atoms with Gasteiger partial charge in [0.1, 0.15) is 0 Å². The summed E-state index contributed by atoms with van der Waals surface area (Å²) in [6.07, 6.45) is 17.5. The Morgan fingerprint density at radius 1 is 1.12 bits per heavy atom. The van der Waals surface area contributed by atoms with Gasteiger partial charge in [0.05, 0.1) is 6.10 Å². The fraction of sp³-hybridized carbons (Fsp3) is 0.600. The fourth-order valence-electron chi connectivity index (χ4n) is 5.78. The smallest absolute Gasteiger partial charge is 0.0634 e. The van der Waals surface area contributed by atoms with E-state index in [1.807, 2.05) is 0 Å². The lowest BCUT2D eigenvalue weighted by Crippen LogP contribution is -2.45. The summed E-state index contributed by atoms with van der Waals surface area (Å²) in [4.78, 5) is 0. The number of aliphatic hydroxyl groups excluding tert-OH is 1. The van der Waals surface area contributed by atoms with Gasteiger partial charge in [-0.3, -0.25) is 0 Å². The third-order valence-electron chi connectivity index (χ3n) is 7.94. The highest BCUT2D eigenvalue weighted by Gasteiger charge is 2.43. The third kappa shape index (κ3) is 5.38. The first-order valence-corrected chi connectivity index (χ1v) is 13.0. The monoisotopic (exact) mass is 431 g/mol. The predicted molar refractivity (Wildman–Crippen MR) is 135 cm³/mol. The Kier molecular flexibility index (Phi) is 7.93. The molecule has 0 heterocycles. The molecule has 3 aliphatic carbocycles. The first-order valence-electron chi connectivity index (χ1n) is 13.0. The van der Waals surface area contributed by atoms with Gasteiger partial charge in [0.25, 0.3) is 0 Å². The average molecular weight is 432 g/mol. The largest absolute Gasteiger partial charge is 0.392 e.